The summed E-state index contributed by atoms with van der Waals surface area (Å²) in [4.78, 5) is 21.3. The van der Waals surface area contributed by atoms with Crippen LogP contribution in [0.25, 0.3) is 0 Å². The Hall–Kier alpha value is -2.43. The zero-order valence-electron chi connectivity index (χ0n) is 15.9. The second-order valence-corrected chi connectivity index (χ2v) is 7.14. The van der Waals surface area contributed by atoms with E-state index in [0.717, 1.165) is 16.8 Å². The molecule has 1 aromatic carbocycles. The van der Waals surface area contributed by atoms with Crippen LogP contribution in [-0.2, 0) is 0 Å². The lowest BCUT2D eigenvalue weighted by molar-refractivity contribution is 0.102. The van der Waals surface area contributed by atoms with Crippen LogP contribution in [0.15, 0.2) is 30.5 Å². The Kier molecular flexibility index (Phi) is 6.12. The minimum Gasteiger partial charge on any atom is -0.352 e. The monoisotopic (exact) mass is 340 g/mol. The largest absolute Gasteiger partial charge is 0.352 e. The molecule has 0 aliphatic heterocycles. The molecule has 1 amide bonds. The molecule has 25 heavy (non-hydrogen) atoms. The van der Waals surface area contributed by atoms with Crippen LogP contribution in [0.3, 0.4) is 0 Å². The number of anilines is 2. The topological polar surface area (TPSA) is 66.9 Å². The molecule has 5 nitrogen and oxygen atoms in total. The summed E-state index contributed by atoms with van der Waals surface area (Å²) in [5, 5.41) is 6.20. The number of para-hydroxylation sites is 1. The van der Waals surface area contributed by atoms with Crippen molar-refractivity contribution in [1.29, 1.82) is 0 Å². The van der Waals surface area contributed by atoms with Crippen molar-refractivity contribution in [3.8, 4) is 0 Å². The highest BCUT2D eigenvalue weighted by molar-refractivity contribution is 6.04. The summed E-state index contributed by atoms with van der Waals surface area (Å²) >= 11 is 0. The number of nitrogens with zero attached hydrogens (tertiary/aromatic N) is 2. The first-order valence-electron chi connectivity index (χ1n) is 8.83. The van der Waals surface area contributed by atoms with Crippen LogP contribution in [0.2, 0.25) is 0 Å². The minimum absolute atomic E-state index is 0.201. The van der Waals surface area contributed by atoms with Crippen molar-refractivity contribution in [3.63, 3.8) is 0 Å². The van der Waals surface area contributed by atoms with Crippen molar-refractivity contribution in [2.75, 3.05) is 10.6 Å². The second kappa shape index (κ2) is 8.10. The van der Waals surface area contributed by atoms with Gasteiger partial charge in [0.2, 0.25) is 5.95 Å². The molecule has 0 unspecified atom stereocenters. The molecule has 2 rings (SSSR count). The lowest BCUT2D eigenvalue weighted by Gasteiger charge is -2.20. The van der Waals surface area contributed by atoms with Gasteiger partial charge in [0.15, 0.2) is 0 Å². The maximum Gasteiger partial charge on any atom is 0.274 e. The van der Waals surface area contributed by atoms with Crippen molar-refractivity contribution in [2.24, 2.45) is 0 Å². The number of amides is 1. The molecular formula is C20H28N4O. The predicted molar refractivity (Wildman–Crippen MR) is 103 cm³/mol. The Balaban J connectivity index is 2.35. The molecule has 1 heterocycles. The van der Waals surface area contributed by atoms with E-state index in [1.807, 2.05) is 13.8 Å². The average Bonchev–Trinajstić information content (AvgIpc) is 2.54. The Morgan fingerprint density at radius 3 is 2.08 bits per heavy atom. The van der Waals surface area contributed by atoms with Gasteiger partial charge in [-0.1, -0.05) is 45.9 Å². The van der Waals surface area contributed by atoms with Crippen molar-refractivity contribution >= 4 is 17.5 Å². The van der Waals surface area contributed by atoms with Crippen LogP contribution in [0.5, 0.6) is 0 Å². The summed E-state index contributed by atoms with van der Waals surface area (Å²) in [5.74, 6) is 0.878. The van der Waals surface area contributed by atoms with E-state index in [1.165, 1.54) is 0 Å². The molecule has 0 atom stereocenters. The van der Waals surface area contributed by atoms with E-state index in [9.17, 15) is 4.79 Å². The Labute approximate surface area is 150 Å². The normalized spacial score (nSPS) is 11.2. The molecule has 5 heteroatoms. The number of carbonyl (C=O) groups excluding carboxylic acids is 1. The van der Waals surface area contributed by atoms with Gasteiger partial charge in [-0.3, -0.25) is 4.79 Å². The van der Waals surface area contributed by atoms with Crippen LogP contribution >= 0.6 is 0 Å². The summed E-state index contributed by atoms with van der Waals surface area (Å²) in [6.45, 7) is 12.5. The number of hydrogen-bond donors (Lipinski definition) is 2. The third-order valence-corrected chi connectivity index (χ3v) is 3.92. The summed E-state index contributed by atoms with van der Waals surface area (Å²) in [7, 11) is 0. The fraction of sp³-hybridized carbons (Fsp3) is 0.450. The van der Waals surface area contributed by atoms with Gasteiger partial charge in [0, 0.05) is 17.9 Å². The summed E-state index contributed by atoms with van der Waals surface area (Å²) in [6, 6.07) is 8.02. The highest BCUT2D eigenvalue weighted by Gasteiger charge is 2.17. The van der Waals surface area contributed by atoms with E-state index in [4.69, 9.17) is 0 Å². The van der Waals surface area contributed by atoms with Gasteiger partial charge in [-0.15, -0.1) is 0 Å². The third kappa shape index (κ3) is 4.78. The number of benzene rings is 1. The maximum atomic E-state index is 12.8. The molecule has 0 saturated heterocycles. The molecular weight excluding hydrogens is 312 g/mol. The molecule has 2 aromatic rings. The lowest BCUT2D eigenvalue weighted by atomic mass is 9.92. The second-order valence-electron chi connectivity index (χ2n) is 7.14. The average molecular weight is 340 g/mol. The van der Waals surface area contributed by atoms with Crippen LogP contribution in [0.4, 0.5) is 11.6 Å². The maximum absolute atomic E-state index is 12.8. The lowest BCUT2D eigenvalue weighted by Crippen LogP contribution is -2.19. The van der Waals surface area contributed by atoms with Gasteiger partial charge in [-0.2, -0.15) is 0 Å². The molecule has 0 saturated carbocycles. The van der Waals surface area contributed by atoms with Crippen LogP contribution in [0.1, 0.15) is 75.0 Å². The van der Waals surface area contributed by atoms with Crippen LogP contribution in [-0.4, -0.2) is 21.9 Å². The molecule has 0 spiro atoms. The molecule has 1 aromatic heterocycles. The van der Waals surface area contributed by atoms with Crippen molar-refractivity contribution in [3.05, 3.63) is 47.3 Å². The van der Waals surface area contributed by atoms with Gasteiger partial charge in [0.05, 0.1) is 0 Å². The fourth-order valence-corrected chi connectivity index (χ4v) is 2.69. The van der Waals surface area contributed by atoms with Crippen LogP contribution in [0, 0.1) is 0 Å². The first kappa shape index (κ1) is 18.9. The number of rotatable bonds is 6. The number of carbonyl (C=O) groups is 1. The van der Waals surface area contributed by atoms with Crippen molar-refractivity contribution in [1.82, 2.24) is 9.97 Å². The first-order valence-corrected chi connectivity index (χ1v) is 8.83. The third-order valence-electron chi connectivity index (χ3n) is 3.92. The minimum atomic E-state index is -0.218. The van der Waals surface area contributed by atoms with Gasteiger partial charge < -0.3 is 10.6 Å². The first-order chi connectivity index (χ1) is 11.8. The van der Waals surface area contributed by atoms with E-state index in [1.54, 1.807) is 12.3 Å². The Morgan fingerprint density at radius 2 is 1.56 bits per heavy atom. The highest BCUT2D eigenvalue weighted by Crippen LogP contribution is 2.32. The van der Waals surface area contributed by atoms with Crippen LogP contribution < -0.4 is 10.6 Å². The summed E-state index contributed by atoms with van der Waals surface area (Å²) in [5.41, 5.74) is 3.52. The Morgan fingerprint density at radius 1 is 0.960 bits per heavy atom. The van der Waals surface area contributed by atoms with Crippen molar-refractivity contribution in [2.45, 2.75) is 59.4 Å². The van der Waals surface area contributed by atoms with Gasteiger partial charge in [0.1, 0.15) is 5.69 Å². The number of aromatic nitrogens is 2. The molecule has 2 N–H and O–H groups in total. The van der Waals surface area contributed by atoms with E-state index in [-0.39, 0.29) is 11.9 Å². The Bertz CT molecular complexity index is 712. The molecule has 134 valence electrons. The standard InChI is InChI=1S/C20H28N4O/c1-12(2)15-8-7-9-16(13(3)4)18(15)24-19(25)17-10-11-21-20(23-17)22-14(5)6/h7-14H,1-6H3,(H,24,25)(H,21,22,23). The van der Waals surface area contributed by atoms with E-state index in [2.05, 4.69) is 66.5 Å². The van der Waals surface area contributed by atoms with Gasteiger partial charge in [0.25, 0.3) is 5.91 Å². The predicted octanol–water partition coefficient (Wildman–Crippen LogP) is 4.80. The van der Waals surface area contributed by atoms with E-state index >= 15 is 0 Å². The smallest absolute Gasteiger partial charge is 0.274 e. The molecule has 0 aliphatic carbocycles. The highest BCUT2D eigenvalue weighted by atomic mass is 16.1. The summed E-state index contributed by atoms with van der Waals surface area (Å²) in [6.07, 6.45) is 1.60. The quantitative estimate of drug-likeness (QED) is 0.793. The van der Waals surface area contributed by atoms with Gasteiger partial charge in [-0.05, 0) is 42.9 Å². The van der Waals surface area contributed by atoms with E-state index in [0.29, 0.717) is 23.5 Å². The zero-order chi connectivity index (χ0) is 18.6. The summed E-state index contributed by atoms with van der Waals surface area (Å²) < 4.78 is 0. The van der Waals surface area contributed by atoms with Crippen molar-refractivity contribution < 1.29 is 4.79 Å². The number of hydrogen-bond acceptors (Lipinski definition) is 4. The van der Waals surface area contributed by atoms with Gasteiger partial charge >= 0.3 is 0 Å². The SMILES string of the molecule is CC(C)Nc1nccc(C(=O)Nc2c(C(C)C)cccc2C(C)C)n1. The van der Waals surface area contributed by atoms with E-state index < -0.39 is 0 Å². The zero-order valence-corrected chi connectivity index (χ0v) is 15.9. The molecule has 0 radical (unpaired) electrons. The van der Waals surface area contributed by atoms with Gasteiger partial charge in [-0.25, -0.2) is 9.97 Å². The fourth-order valence-electron chi connectivity index (χ4n) is 2.69. The molecule has 0 bridgehead atoms. The molecule has 0 fully saturated rings. The molecule has 0 aliphatic rings. The number of nitrogens with one attached hydrogen (secondary N) is 2.